The highest BCUT2D eigenvalue weighted by atomic mass is 19.4. The maximum Gasteiger partial charge on any atom is 0.419 e. The maximum atomic E-state index is 14.9. The zero-order valence-corrected chi connectivity index (χ0v) is 20.5. The summed E-state index contributed by atoms with van der Waals surface area (Å²) >= 11 is 0. The number of benzene rings is 2. The van der Waals surface area contributed by atoms with Gasteiger partial charge in [0, 0.05) is 22.9 Å². The smallest absolute Gasteiger partial charge is 0.381 e. The second-order valence-corrected chi connectivity index (χ2v) is 9.94. The standard InChI is InChI=1S/C26H25F5N4O3/c1-12-5-14-9-32-34-23(14)17(6-12)25(37)35-13(2)3-4-21(35)24(36)33-22(15-10-38-11-15)16-7-20(28)18(8-19(16)27)26(29,30)31/h5-9,13,15,21-22H,3-4,10-11H2,1-2H3,(H,32,34)(H,33,36)/t13-,21-,22-/m1/s1. The van der Waals surface area contributed by atoms with Crippen LogP contribution in [-0.4, -0.2) is 52.2 Å². The van der Waals surface area contributed by atoms with E-state index in [-0.39, 0.29) is 31.2 Å². The Hall–Kier alpha value is -3.54. The Morgan fingerprint density at radius 1 is 1.13 bits per heavy atom. The van der Waals surface area contributed by atoms with Crippen LogP contribution in [-0.2, 0) is 15.7 Å². The normalized spacial score (nSPS) is 21.0. The van der Waals surface area contributed by atoms with Crippen molar-refractivity contribution in [2.45, 2.75) is 51.0 Å². The van der Waals surface area contributed by atoms with E-state index in [1.165, 1.54) is 4.90 Å². The van der Waals surface area contributed by atoms with E-state index in [9.17, 15) is 31.5 Å². The van der Waals surface area contributed by atoms with Crippen LogP contribution in [0, 0.1) is 24.5 Å². The highest BCUT2D eigenvalue weighted by Gasteiger charge is 2.43. The van der Waals surface area contributed by atoms with Crippen molar-refractivity contribution in [3.05, 3.63) is 64.4 Å². The number of halogens is 5. The summed E-state index contributed by atoms with van der Waals surface area (Å²) in [5.74, 6) is -4.39. The number of nitrogens with one attached hydrogen (secondary N) is 2. The van der Waals surface area contributed by atoms with Gasteiger partial charge in [-0.15, -0.1) is 0 Å². The summed E-state index contributed by atoms with van der Waals surface area (Å²) in [6.45, 7) is 3.87. The van der Waals surface area contributed by atoms with Gasteiger partial charge in [-0.05, 0) is 56.5 Å². The lowest BCUT2D eigenvalue weighted by molar-refractivity contribution is -0.140. The van der Waals surface area contributed by atoms with Gasteiger partial charge in [-0.1, -0.05) is 0 Å². The van der Waals surface area contributed by atoms with Gasteiger partial charge < -0.3 is 15.0 Å². The van der Waals surface area contributed by atoms with Crippen LogP contribution in [0.3, 0.4) is 0 Å². The minimum atomic E-state index is -5.07. The Morgan fingerprint density at radius 3 is 2.53 bits per heavy atom. The number of hydrogen-bond donors (Lipinski definition) is 2. The van der Waals surface area contributed by atoms with Crippen molar-refractivity contribution >= 4 is 22.7 Å². The van der Waals surface area contributed by atoms with Crippen molar-refractivity contribution in [1.29, 1.82) is 0 Å². The summed E-state index contributed by atoms with van der Waals surface area (Å²) < 4.78 is 73.6. The highest BCUT2D eigenvalue weighted by Crippen LogP contribution is 2.37. The summed E-state index contributed by atoms with van der Waals surface area (Å²) in [4.78, 5) is 28.7. The van der Waals surface area contributed by atoms with E-state index in [0.717, 1.165) is 10.9 Å². The molecule has 1 aromatic heterocycles. The molecule has 0 spiro atoms. The van der Waals surface area contributed by atoms with E-state index < -0.39 is 52.8 Å². The van der Waals surface area contributed by atoms with E-state index in [1.807, 2.05) is 19.9 Å². The molecule has 0 bridgehead atoms. The topological polar surface area (TPSA) is 87.3 Å². The second kappa shape index (κ2) is 9.64. The van der Waals surface area contributed by atoms with Crippen LogP contribution in [0.15, 0.2) is 30.5 Å². The van der Waals surface area contributed by atoms with E-state index in [1.54, 1.807) is 12.3 Å². The monoisotopic (exact) mass is 536 g/mol. The number of carbonyl (C=O) groups is 2. The van der Waals surface area contributed by atoms with Crippen LogP contribution in [0.5, 0.6) is 0 Å². The molecule has 0 radical (unpaired) electrons. The molecule has 2 aliphatic heterocycles. The number of aromatic nitrogens is 2. The van der Waals surface area contributed by atoms with Gasteiger partial charge in [0.15, 0.2) is 0 Å². The molecule has 0 aliphatic carbocycles. The fourth-order valence-corrected chi connectivity index (χ4v) is 5.26. The van der Waals surface area contributed by atoms with Crippen LogP contribution >= 0.6 is 0 Å². The number of aromatic amines is 1. The van der Waals surface area contributed by atoms with Crippen LogP contribution in [0.2, 0.25) is 0 Å². The highest BCUT2D eigenvalue weighted by molar-refractivity contribution is 6.07. The minimum Gasteiger partial charge on any atom is -0.381 e. The maximum absolute atomic E-state index is 14.9. The zero-order chi connectivity index (χ0) is 27.4. The average Bonchev–Trinajstić information content (AvgIpc) is 3.43. The summed E-state index contributed by atoms with van der Waals surface area (Å²) in [7, 11) is 0. The quantitative estimate of drug-likeness (QED) is 0.465. The molecule has 202 valence electrons. The van der Waals surface area contributed by atoms with Crippen LogP contribution in [0.1, 0.15) is 52.9 Å². The molecule has 0 saturated carbocycles. The van der Waals surface area contributed by atoms with Gasteiger partial charge in [-0.3, -0.25) is 14.7 Å². The summed E-state index contributed by atoms with van der Waals surface area (Å²) in [6, 6.07) is 1.81. The van der Waals surface area contributed by atoms with E-state index in [4.69, 9.17) is 4.74 Å². The molecule has 5 rings (SSSR count). The van der Waals surface area contributed by atoms with Gasteiger partial charge in [-0.2, -0.15) is 18.3 Å². The average molecular weight is 537 g/mol. The SMILES string of the molecule is Cc1cc(C(=O)N2[C@H](C)CC[C@@H]2C(=O)N[C@@H](c2cc(F)c(C(F)(F)F)cc2F)C2COC2)c2[nH]ncc2c1. The third-order valence-corrected chi connectivity index (χ3v) is 7.29. The van der Waals surface area contributed by atoms with Crippen molar-refractivity contribution < 1.29 is 36.3 Å². The van der Waals surface area contributed by atoms with Crippen LogP contribution < -0.4 is 5.32 Å². The van der Waals surface area contributed by atoms with E-state index in [0.29, 0.717) is 30.0 Å². The number of carbonyl (C=O) groups excluding carboxylic acids is 2. The van der Waals surface area contributed by atoms with Crippen molar-refractivity contribution in [2.24, 2.45) is 5.92 Å². The van der Waals surface area contributed by atoms with Crippen LogP contribution in [0.4, 0.5) is 22.0 Å². The molecule has 3 atom stereocenters. The fourth-order valence-electron chi connectivity index (χ4n) is 5.26. The molecule has 2 aliphatic rings. The molecule has 12 heteroatoms. The Kier molecular flexibility index (Phi) is 6.62. The Labute approximate surface area is 214 Å². The van der Waals surface area contributed by atoms with Gasteiger partial charge in [0.1, 0.15) is 17.7 Å². The molecule has 3 aromatic rings. The number of alkyl halides is 3. The van der Waals surface area contributed by atoms with Crippen molar-refractivity contribution in [1.82, 2.24) is 20.4 Å². The fraction of sp³-hybridized carbons (Fsp3) is 0.423. The van der Waals surface area contributed by atoms with Gasteiger partial charge >= 0.3 is 6.18 Å². The minimum absolute atomic E-state index is 0.101. The van der Waals surface area contributed by atoms with Crippen molar-refractivity contribution in [3.8, 4) is 0 Å². The molecular formula is C26H25F5N4O3. The zero-order valence-electron chi connectivity index (χ0n) is 20.5. The van der Waals surface area contributed by atoms with Crippen molar-refractivity contribution in [2.75, 3.05) is 13.2 Å². The number of fused-ring (bicyclic) bond motifs is 1. The first kappa shape index (κ1) is 26.1. The predicted molar refractivity (Wildman–Crippen MR) is 126 cm³/mol. The molecular weight excluding hydrogens is 511 g/mol. The van der Waals surface area contributed by atoms with Crippen molar-refractivity contribution in [3.63, 3.8) is 0 Å². The molecule has 2 aromatic carbocycles. The second-order valence-electron chi connectivity index (χ2n) is 9.94. The number of rotatable bonds is 5. The third kappa shape index (κ3) is 4.61. The predicted octanol–water partition coefficient (Wildman–Crippen LogP) is 4.67. The molecule has 38 heavy (non-hydrogen) atoms. The van der Waals surface area contributed by atoms with E-state index in [2.05, 4.69) is 15.5 Å². The first-order chi connectivity index (χ1) is 18.0. The molecule has 7 nitrogen and oxygen atoms in total. The number of amides is 2. The molecule has 0 unspecified atom stereocenters. The summed E-state index contributed by atoms with van der Waals surface area (Å²) in [6.07, 6.45) is -2.62. The first-order valence-corrected chi connectivity index (χ1v) is 12.2. The van der Waals surface area contributed by atoms with Gasteiger partial charge in [0.2, 0.25) is 5.91 Å². The molecule has 2 amide bonds. The lowest BCUT2D eigenvalue weighted by Crippen LogP contribution is -2.51. The lowest BCUT2D eigenvalue weighted by atomic mass is 9.90. The van der Waals surface area contributed by atoms with Crippen LogP contribution in [0.25, 0.3) is 10.9 Å². The Morgan fingerprint density at radius 2 is 1.87 bits per heavy atom. The van der Waals surface area contributed by atoms with Gasteiger partial charge in [-0.25, -0.2) is 8.78 Å². The molecule has 2 fully saturated rings. The molecule has 2 N–H and O–H groups in total. The third-order valence-electron chi connectivity index (χ3n) is 7.29. The van der Waals surface area contributed by atoms with Gasteiger partial charge in [0.05, 0.1) is 42.1 Å². The number of hydrogen-bond acceptors (Lipinski definition) is 4. The molecule has 3 heterocycles. The molecule has 2 saturated heterocycles. The number of H-pyrrole nitrogens is 1. The Balaban J connectivity index is 1.44. The summed E-state index contributed by atoms with van der Waals surface area (Å²) in [5.41, 5.74) is -0.410. The largest absolute Gasteiger partial charge is 0.419 e. The number of ether oxygens (including phenoxy) is 1. The number of nitrogens with zero attached hydrogens (tertiary/aromatic N) is 2. The number of likely N-dealkylation sites (tertiary alicyclic amines) is 1. The van der Waals surface area contributed by atoms with Gasteiger partial charge in [0.25, 0.3) is 5.91 Å². The first-order valence-electron chi connectivity index (χ1n) is 12.2. The summed E-state index contributed by atoms with van der Waals surface area (Å²) in [5, 5.41) is 10.3. The van der Waals surface area contributed by atoms with E-state index >= 15 is 0 Å². The lowest BCUT2D eigenvalue weighted by Gasteiger charge is -2.36. The Bertz CT molecular complexity index is 1400. The number of aryl methyl sites for hydroxylation is 1.